The molecule has 4 aromatic rings. The van der Waals surface area contributed by atoms with Crippen molar-refractivity contribution in [2.24, 2.45) is 0 Å². The van der Waals surface area contributed by atoms with Crippen LogP contribution in [0.2, 0.25) is 0 Å². The van der Waals surface area contributed by atoms with Crippen LogP contribution >= 0.6 is 0 Å². The molecule has 4 rings (SSSR count). The number of benzene rings is 1. The van der Waals surface area contributed by atoms with Crippen LogP contribution in [0.4, 0.5) is 4.39 Å². The lowest BCUT2D eigenvalue weighted by Crippen LogP contribution is -2.19. The maximum Gasteiger partial charge on any atom is 0.204 e. The van der Waals surface area contributed by atoms with E-state index in [2.05, 4.69) is 20.2 Å². The summed E-state index contributed by atoms with van der Waals surface area (Å²) in [7, 11) is -2.15. The van der Waals surface area contributed by atoms with Crippen LogP contribution in [-0.2, 0) is 15.6 Å². The van der Waals surface area contributed by atoms with Crippen molar-refractivity contribution in [3.05, 3.63) is 71.5 Å². The van der Waals surface area contributed by atoms with Crippen LogP contribution in [0.5, 0.6) is 5.75 Å². The Morgan fingerprint density at radius 2 is 1.85 bits per heavy atom. The van der Waals surface area contributed by atoms with Crippen molar-refractivity contribution in [1.29, 1.82) is 0 Å². The second kappa shape index (κ2) is 9.34. The zero-order chi connectivity index (χ0) is 24.5. The first-order valence-electron chi connectivity index (χ1n) is 10.5. The van der Waals surface area contributed by atoms with Gasteiger partial charge in [-0.15, -0.1) is 10.2 Å². The minimum absolute atomic E-state index is 0.212. The lowest BCUT2D eigenvalue weighted by atomic mass is 10.1. The third kappa shape index (κ3) is 4.84. The number of ether oxygens (including phenoxy) is 1. The first kappa shape index (κ1) is 23.6. The summed E-state index contributed by atoms with van der Waals surface area (Å²) in [6.45, 7) is 5.38. The molecule has 0 N–H and O–H groups in total. The van der Waals surface area contributed by atoms with Crippen molar-refractivity contribution in [2.45, 2.75) is 32.4 Å². The minimum Gasteiger partial charge on any atom is -0.495 e. The molecule has 1 atom stereocenters. The van der Waals surface area contributed by atoms with Gasteiger partial charge < -0.3 is 9.15 Å². The summed E-state index contributed by atoms with van der Waals surface area (Å²) < 4.78 is 52.4. The Balaban J connectivity index is 1.75. The van der Waals surface area contributed by atoms with Crippen LogP contribution in [0.3, 0.4) is 0 Å². The average Bonchev–Trinajstić information content (AvgIpc) is 3.39. The second-order valence-electron chi connectivity index (χ2n) is 8.03. The molecule has 0 unspecified atom stereocenters. The fourth-order valence-electron chi connectivity index (χ4n) is 3.73. The van der Waals surface area contributed by atoms with E-state index < -0.39 is 21.6 Å². The topological polar surface area (TPSA) is 113 Å². The van der Waals surface area contributed by atoms with Gasteiger partial charge in [-0.1, -0.05) is 19.1 Å². The van der Waals surface area contributed by atoms with Gasteiger partial charge in [0.05, 0.1) is 30.9 Å². The lowest BCUT2D eigenvalue weighted by molar-refractivity contribution is 0.412. The monoisotopic (exact) mass is 485 g/mol. The molecule has 11 heteroatoms. The predicted octanol–water partition coefficient (Wildman–Crippen LogP) is 3.80. The van der Waals surface area contributed by atoms with Gasteiger partial charge in [-0.05, 0) is 37.6 Å². The van der Waals surface area contributed by atoms with Crippen molar-refractivity contribution in [2.75, 3.05) is 12.9 Å². The third-order valence-corrected chi connectivity index (χ3v) is 6.97. The van der Waals surface area contributed by atoms with Crippen LogP contribution in [0.15, 0.2) is 47.1 Å². The van der Waals surface area contributed by atoms with E-state index >= 15 is 0 Å². The number of methoxy groups -OCH3 is 1. The van der Waals surface area contributed by atoms with Crippen molar-refractivity contribution < 1.29 is 22.0 Å². The number of hydrogen-bond donors (Lipinski definition) is 0. The van der Waals surface area contributed by atoms with E-state index in [1.165, 1.54) is 0 Å². The number of furan rings is 1. The van der Waals surface area contributed by atoms with Gasteiger partial charge in [-0.2, -0.15) is 0 Å². The number of sulfone groups is 1. The highest BCUT2D eigenvalue weighted by atomic mass is 32.2. The van der Waals surface area contributed by atoms with Gasteiger partial charge in [0, 0.05) is 5.92 Å². The van der Waals surface area contributed by atoms with E-state index in [9.17, 15) is 12.8 Å². The Labute approximate surface area is 196 Å². The Morgan fingerprint density at radius 1 is 1.12 bits per heavy atom. The van der Waals surface area contributed by atoms with Gasteiger partial charge in [0.15, 0.2) is 27.2 Å². The van der Waals surface area contributed by atoms with Crippen LogP contribution < -0.4 is 4.74 Å². The summed E-state index contributed by atoms with van der Waals surface area (Å²) >= 11 is 0. The molecule has 0 saturated carbocycles. The van der Waals surface area contributed by atoms with Crippen molar-refractivity contribution >= 4 is 9.84 Å². The zero-order valence-electron chi connectivity index (χ0n) is 19.2. The molecule has 0 saturated heterocycles. The Bertz CT molecular complexity index is 1410. The van der Waals surface area contributed by atoms with E-state index in [-0.39, 0.29) is 23.2 Å². The van der Waals surface area contributed by atoms with Gasteiger partial charge in [-0.3, -0.25) is 4.57 Å². The smallest absolute Gasteiger partial charge is 0.204 e. The molecule has 0 radical (unpaired) electrons. The molecule has 1 aromatic carbocycles. The Morgan fingerprint density at radius 3 is 2.50 bits per heavy atom. The summed E-state index contributed by atoms with van der Waals surface area (Å²) in [4.78, 5) is 7.80. The highest BCUT2D eigenvalue weighted by Gasteiger charge is 2.27. The molecule has 178 valence electrons. The first-order valence-corrected chi connectivity index (χ1v) is 12.3. The lowest BCUT2D eigenvalue weighted by Gasteiger charge is -2.16. The molecular formula is C23H24FN5O4S. The van der Waals surface area contributed by atoms with E-state index in [0.29, 0.717) is 28.8 Å². The maximum atomic E-state index is 13.2. The fraction of sp³-hybridized carbons (Fsp3) is 0.304. The molecule has 0 aliphatic rings. The summed E-state index contributed by atoms with van der Waals surface area (Å²) in [5.74, 6) is 0.742. The number of nitrogens with zero attached hydrogens (tertiary/aromatic N) is 5. The van der Waals surface area contributed by atoms with E-state index in [1.807, 2.05) is 26.0 Å². The van der Waals surface area contributed by atoms with Gasteiger partial charge in [0.25, 0.3) is 0 Å². The molecule has 0 fully saturated rings. The van der Waals surface area contributed by atoms with E-state index in [1.54, 1.807) is 36.8 Å². The highest BCUT2D eigenvalue weighted by Crippen LogP contribution is 2.33. The Hall–Kier alpha value is -3.60. The van der Waals surface area contributed by atoms with Gasteiger partial charge >= 0.3 is 0 Å². The van der Waals surface area contributed by atoms with Crippen LogP contribution in [0.25, 0.3) is 17.3 Å². The average molecular weight is 486 g/mol. The largest absolute Gasteiger partial charge is 0.495 e. The van der Waals surface area contributed by atoms with Gasteiger partial charge in [0.1, 0.15) is 23.1 Å². The number of hydrogen-bond acceptors (Lipinski definition) is 8. The van der Waals surface area contributed by atoms with Crippen molar-refractivity contribution in [3.63, 3.8) is 0 Å². The first-order chi connectivity index (χ1) is 16.2. The van der Waals surface area contributed by atoms with Crippen molar-refractivity contribution in [1.82, 2.24) is 24.7 Å². The summed E-state index contributed by atoms with van der Waals surface area (Å²) in [6.07, 6.45) is 2.04. The quantitative estimate of drug-likeness (QED) is 0.370. The van der Waals surface area contributed by atoms with Crippen LogP contribution in [0.1, 0.15) is 35.8 Å². The maximum absolute atomic E-state index is 13.2. The standard InChI is InChI=1S/C23H24FN5O4S/c1-14-6-5-7-18(32-4)21(14)29-20(27-28-23(29)19-9-8-16(3)33-19)13-34(30,31)12-15(2)22-25-10-17(24)11-26-22/h5-11,15H,12-13H2,1-4H3/t15-/m0/s1. The molecular weight excluding hydrogens is 461 g/mol. The summed E-state index contributed by atoms with van der Waals surface area (Å²) in [5, 5.41) is 8.47. The Kier molecular flexibility index (Phi) is 6.47. The predicted molar refractivity (Wildman–Crippen MR) is 123 cm³/mol. The van der Waals surface area contributed by atoms with E-state index in [4.69, 9.17) is 9.15 Å². The highest BCUT2D eigenvalue weighted by molar-refractivity contribution is 7.90. The molecule has 0 aliphatic carbocycles. The van der Waals surface area contributed by atoms with Crippen LogP contribution in [-0.4, -0.2) is 46.0 Å². The number of rotatable bonds is 8. The van der Waals surface area contributed by atoms with Crippen molar-refractivity contribution in [3.8, 4) is 23.0 Å². The molecule has 9 nitrogen and oxygen atoms in total. The molecule has 34 heavy (non-hydrogen) atoms. The minimum atomic E-state index is -3.69. The summed E-state index contributed by atoms with van der Waals surface area (Å²) in [6, 6.07) is 9.07. The van der Waals surface area contributed by atoms with E-state index in [0.717, 1.165) is 18.0 Å². The zero-order valence-corrected chi connectivity index (χ0v) is 20.0. The van der Waals surface area contributed by atoms with Gasteiger partial charge in [-0.25, -0.2) is 22.8 Å². The molecule has 0 amide bonds. The SMILES string of the molecule is COc1cccc(C)c1-n1c(CS(=O)(=O)C[C@H](C)c2ncc(F)cn2)nnc1-c1ccc(C)o1. The summed E-state index contributed by atoms with van der Waals surface area (Å²) in [5.41, 5.74) is 1.47. The van der Waals surface area contributed by atoms with Crippen LogP contribution in [0, 0.1) is 19.7 Å². The third-order valence-electron chi connectivity index (χ3n) is 5.27. The number of halogens is 1. The molecule has 3 aromatic heterocycles. The molecule has 0 bridgehead atoms. The number of aromatic nitrogens is 5. The second-order valence-corrected chi connectivity index (χ2v) is 10.1. The number of para-hydroxylation sites is 1. The fourth-order valence-corrected chi connectivity index (χ4v) is 5.34. The van der Waals surface area contributed by atoms with Gasteiger partial charge in [0.2, 0.25) is 5.82 Å². The molecule has 3 heterocycles. The number of aryl methyl sites for hydroxylation is 2. The normalized spacial score (nSPS) is 12.6. The molecule has 0 spiro atoms. The molecule has 0 aliphatic heterocycles.